The van der Waals surface area contributed by atoms with Gasteiger partial charge in [-0.25, -0.2) is 0 Å². The molecule has 0 aromatic carbocycles. The summed E-state index contributed by atoms with van der Waals surface area (Å²) in [7, 11) is 0. The predicted molar refractivity (Wildman–Crippen MR) is 34.7 cm³/mol. The molecule has 0 rings (SSSR count). The minimum Gasteiger partial charge on any atom is -0.396 e. The molecule has 2 N–H and O–H groups in total. The van der Waals surface area contributed by atoms with Crippen LogP contribution in [0.4, 0.5) is 0 Å². The first-order chi connectivity index (χ1) is 4.16. The molecule has 0 aliphatic heterocycles. The monoisotopic (exact) mass is 130 g/mol. The Labute approximate surface area is 55.1 Å². The van der Waals surface area contributed by atoms with Crippen molar-refractivity contribution in [2.24, 2.45) is 0 Å². The third-order valence-corrected chi connectivity index (χ3v) is 0.746. The topological polar surface area (TPSA) is 49.3 Å². The fourth-order valence-electron chi connectivity index (χ4n) is 0.449. The summed E-state index contributed by atoms with van der Waals surface area (Å²) in [5, 5.41) is 10.8. The van der Waals surface area contributed by atoms with E-state index in [2.05, 4.69) is 12.2 Å². The number of nitrogens with one attached hydrogen (secondary N) is 1. The molecule has 3 nitrogen and oxygen atoms in total. The van der Waals surface area contributed by atoms with Crippen LogP contribution in [0, 0.1) is 6.92 Å². The van der Waals surface area contributed by atoms with Crippen molar-refractivity contribution in [3.63, 3.8) is 0 Å². The van der Waals surface area contributed by atoms with Crippen molar-refractivity contribution < 1.29 is 9.90 Å². The van der Waals surface area contributed by atoms with Crippen LogP contribution in [0.3, 0.4) is 0 Å². The van der Waals surface area contributed by atoms with Gasteiger partial charge in [-0.1, -0.05) is 0 Å². The molecule has 0 aliphatic carbocycles. The second-order valence-electron chi connectivity index (χ2n) is 1.94. The van der Waals surface area contributed by atoms with E-state index < -0.39 is 0 Å². The fraction of sp³-hybridized carbons (Fsp3) is 0.667. The van der Waals surface area contributed by atoms with Gasteiger partial charge in [-0.3, -0.25) is 4.79 Å². The van der Waals surface area contributed by atoms with E-state index in [0.717, 1.165) is 0 Å². The normalized spacial score (nSPS) is 9.78. The smallest absolute Gasteiger partial charge is 0.222 e. The second kappa shape index (κ2) is 4.32. The lowest BCUT2D eigenvalue weighted by Gasteiger charge is -2.05. The molecule has 53 valence electrons. The average molecular weight is 130 g/mol. The molecule has 0 heterocycles. The highest BCUT2D eigenvalue weighted by molar-refractivity contribution is 5.76. The van der Waals surface area contributed by atoms with Crippen molar-refractivity contribution >= 4 is 5.91 Å². The van der Waals surface area contributed by atoms with Gasteiger partial charge >= 0.3 is 0 Å². The fourth-order valence-corrected chi connectivity index (χ4v) is 0.449. The number of carbonyl (C=O) groups is 1. The Bertz CT molecular complexity index is 91.1. The molecule has 3 heteroatoms. The van der Waals surface area contributed by atoms with E-state index in [0.29, 0.717) is 0 Å². The van der Waals surface area contributed by atoms with Crippen LogP contribution in [0.1, 0.15) is 13.3 Å². The number of hydrogen-bond acceptors (Lipinski definition) is 2. The molecular weight excluding hydrogens is 118 g/mol. The van der Waals surface area contributed by atoms with E-state index in [1.807, 2.05) is 0 Å². The molecule has 0 fully saturated rings. The number of aliphatic hydroxyl groups is 1. The zero-order valence-electron chi connectivity index (χ0n) is 5.55. The van der Waals surface area contributed by atoms with Crippen molar-refractivity contribution in [3.05, 3.63) is 6.92 Å². The zero-order chi connectivity index (χ0) is 7.28. The Hall–Kier alpha value is -0.570. The van der Waals surface area contributed by atoms with Crippen molar-refractivity contribution in [1.29, 1.82) is 0 Å². The van der Waals surface area contributed by atoms with Crippen LogP contribution in [-0.2, 0) is 4.79 Å². The first-order valence-corrected chi connectivity index (χ1v) is 2.90. The van der Waals surface area contributed by atoms with Crippen LogP contribution >= 0.6 is 0 Å². The van der Waals surface area contributed by atoms with E-state index in [-0.39, 0.29) is 25.0 Å². The molecule has 1 amide bonds. The zero-order valence-corrected chi connectivity index (χ0v) is 5.55. The maximum atomic E-state index is 10.5. The molecule has 9 heavy (non-hydrogen) atoms. The Morgan fingerprint density at radius 1 is 1.89 bits per heavy atom. The number of rotatable bonds is 3. The van der Waals surface area contributed by atoms with E-state index in [1.165, 1.54) is 0 Å². The first kappa shape index (κ1) is 8.43. The molecule has 1 radical (unpaired) electrons. The third-order valence-electron chi connectivity index (χ3n) is 0.746. The van der Waals surface area contributed by atoms with Gasteiger partial charge in [0.1, 0.15) is 0 Å². The van der Waals surface area contributed by atoms with Gasteiger partial charge in [-0.05, 0) is 13.8 Å². The van der Waals surface area contributed by atoms with Gasteiger partial charge in [0.25, 0.3) is 0 Å². The maximum absolute atomic E-state index is 10.5. The molecule has 0 saturated carbocycles. The summed E-state index contributed by atoms with van der Waals surface area (Å²) in [6.45, 7) is 5.22. The predicted octanol–water partition coefficient (Wildman–Crippen LogP) is -0.292. The van der Waals surface area contributed by atoms with Crippen molar-refractivity contribution in [3.8, 4) is 0 Å². The van der Waals surface area contributed by atoms with Gasteiger partial charge < -0.3 is 10.4 Å². The van der Waals surface area contributed by atoms with Crippen molar-refractivity contribution in [2.75, 3.05) is 6.61 Å². The highest BCUT2D eigenvalue weighted by Crippen LogP contribution is 1.80. The highest BCUT2D eigenvalue weighted by Gasteiger charge is 1.99. The summed E-state index contributed by atoms with van der Waals surface area (Å²) in [5.74, 6) is -0.153. The summed E-state index contributed by atoms with van der Waals surface area (Å²) in [6, 6.07) is -0.0796. The van der Waals surface area contributed by atoms with E-state index >= 15 is 0 Å². The Balaban J connectivity index is 3.27. The third kappa shape index (κ3) is 5.30. The number of aliphatic hydroxyl groups excluding tert-OH is 1. The summed E-state index contributed by atoms with van der Waals surface area (Å²) in [5.41, 5.74) is 0. The average Bonchev–Trinajstić information content (AvgIpc) is 1.63. The highest BCUT2D eigenvalue weighted by atomic mass is 16.3. The van der Waals surface area contributed by atoms with Gasteiger partial charge in [0.05, 0.1) is 6.61 Å². The van der Waals surface area contributed by atoms with Crippen molar-refractivity contribution in [2.45, 2.75) is 19.4 Å². The van der Waals surface area contributed by atoms with Crippen LogP contribution in [0.2, 0.25) is 0 Å². The minimum atomic E-state index is -0.153. The SMILES string of the molecule is [CH2]C(C)NC(=O)CCO. The van der Waals surface area contributed by atoms with Gasteiger partial charge in [0, 0.05) is 12.5 Å². The summed E-state index contributed by atoms with van der Waals surface area (Å²) < 4.78 is 0. The number of carbonyl (C=O) groups excluding carboxylic acids is 1. The van der Waals surface area contributed by atoms with Gasteiger partial charge in [-0.15, -0.1) is 0 Å². The molecule has 0 bridgehead atoms. The van der Waals surface area contributed by atoms with Gasteiger partial charge in [0.15, 0.2) is 0 Å². The summed E-state index contributed by atoms with van der Waals surface area (Å²) in [6.07, 6.45) is 0.167. The maximum Gasteiger partial charge on any atom is 0.222 e. The Morgan fingerprint density at radius 2 is 2.44 bits per heavy atom. The van der Waals surface area contributed by atoms with E-state index in [4.69, 9.17) is 5.11 Å². The molecule has 0 aromatic rings. The Morgan fingerprint density at radius 3 is 2.78 bits per heavy atom. The summed E-state index contributed by atoms with van der Waals surface area (Å²) in [4.78, 5) is 10.5. The van der Waals surface area contributed by atoms with Gasteiger partial charge in [-0.2, -0.15) is 0 Å². The van der Waals surface area contributed by atoms with Gasteiger partial charge in [0.2, 0.25) is 5.91 Å². The summed E-state index contributed by atoms with van der Waals surface area (Å²) >= 11 is 0. The molecule has 0 aliphatic rings. The Kier molecular flexibility index (Phi) is 4.05. The quantitative estimate of drug-likeness (QED) is 0.551. The lowest BCUT2D eigenvalue weighted by Crippen LogP contribution is -2.30. The molecular formula is C6H12NO2. The van der Waals surface area contributed by atoms with Crippen LogP contribution in [0.25, 0.3) is 0 Å². The van der Waals surface area contributed by atoms with Crippen LogP contribution in [-0.4, -0.2) is 23.7 Å². The lowest BCUT2D eigenvalue weighted by atomic mass is 10.3. The van der Waals surface area contributed by atoms with Crippen LogP contribution in [0.15, 0.2) is 0 Å². The van der Waals surface area contributed by atoms with Crippen LogP contribution < -0.4 is 5.32 Å². The largest absolute Gasteiger partial charge is 0.396 e. The number of amides is 1. The minimum absolute atomic E-state index is 0.0796. The lowest BCUT2D eigenvalue weighted by molar-refractivity contribution is -0.122. The second-order valence-corrected chi connectivity index (χ2v) is 1.94. The van der Waals surface area contributed by atoms with E-state index in [1.54, 1.807) is 6.92 Å². The standard InChI is InChI=1S/C6H12NO2/c1-5(2)7-6(9)3-4-8/h5,8H,1,3-4H2,2H3,(H,7,9). The molecule has 1 unspecified atom stereocenters. The van der Waals surface area contributed by atoms with E-state index in [9.17, 15) is 4.79 Å². The molecule has 0 saturated heterocycles. The van der Waals surface area contributed by atoms with Crippen molar-refractivity contribution in [1.82, 2.24) is 5.32 Å². The molecule has 0 spiro atoms. The van der Waals surface area contributed by atoms with Crippen LogP contribution in [0.5, 0.6) is 0 Å². The first-order valence-electron chi connectivity index (χ1n) is 2.90. The molecule has 1 atom stereocenters. The number of hydrogen-bond donors (Lipinski definition) is 2. The molecule has 0 aromatic heterocycles.